The van der Waals surface area contributed by atoms with Crippen molar-refractivity contribution in [2.75, 3.05) is 102 Å². The van der Waals surface area contributed by atoms with Crippen molar-refractivity contribution in [1.82, 2.24) is 29.4 Å². The highest BCUT2D eigenvalue weighted by Crippen LogP contribution is 2.49. The number of fused-ring (bicyclic) bond motifs is 3. The molecule has 16 heteroatoms. The molecule has 4 aromatic carbocycles. The molecule has 0 radical (unpaired) electrons. The molecule has 0 aliphatic carbocycles. The molecule has 5 aliphatic rings. The van der Waals surface area contributed by atoms with Crippen molar-refractivity contribution in [3.05, 3.63) is 136 Å². The van der Waals surface area contributed by atoms with Crippen molar-refractivity contribution in [2.45, 2.75) is 95.9 Å². The van der Waals surface area contributed by atoms with Gasteiger partial charge in [-0.05, 0) is 134 Å². The second kappa shape index (κ2) is 23.9. The number of amides is 4. The van der Waals surface area contributed by atoms with Gasteiger partial charge < -0.3 is 48.1 Å². The van der Waals surface area contributed by atoms with Crippen LogP contribution in [0.15, 0.2) is 91.2 Å². The molecule has 0 saturated carbocycles. The largest absolute Gasteiger partial charge is 0.497 e. The molecule has 4 amide bonds. The van der Waals surface area contributed by atoms with Gasteiger partial charge in [-0.15, -0.1) is 0 Å². The van der Waals surface area contributed by atoms with Crippen LogP contribution in [0, 0.1) is 20.8 Å². The first-order valence-electron chi connectivity index (χ1n) is 26.5. The predicted molar refractivity (Wildman–Crippen MR) is 293 cm³/mol. The number of benzene rings is 4. The van der Waals surface area contributed by atoms with Crippen molar-refractivity contribution < 1.29 is 47.9 Å². The van der Waals surface area contributed by atoms with E-state index in [1.807, 2.05) is 54.3 Å². The summed E-state index contributed by atoms with van der Waals surface area (Å²) in [4.78, 5) is 40.1. The van der Waals surface area contributed by atoms with Gasteiger partial charge in [0.15, 0.2) is 5.72 Å². The van der Waals surface area contributed by atoms with Gasteiger partial charge in [0, 0.05) is 84.4 Å². The number of hydrogen-bond donors (Lipinski definition) is 1. The van der Waals surface area contributed by atoms with E-state index in [4.69, 9.17) is 33.2 Å². The summed E-state index contributed by atoms with van der Waals surface area (Å²) >= 11 is 0. The minimum atomic E-state index is -1.56. The first-order chi connectivity index (χ1) is 36.6. The number of nitrogens with zero attached hydrogens (tertiary/aromatic N) is 6. The van der Waals surface area contributed by atoms with E-state index in [2.05, 4.69) is 65.5 Å². The Morgan fingerprint density at radius 3 is 1.54 bits per heavy atom. The number of allylic oxidation sites excluding steroid dienone is 1. The number of piperidine rings is 2. The van der Waals surface area contributed by atoms with Gasteiger partial charge >= 0.3 is 12.1 Å². The average molecular weight is 1050 g/mol. The zero-order chi connectivity index (χ0) is 54.4. The zero-order valence-corrected chi connectivity index (χ0v) is 46.5. The predicted octanol–water partition coefficient (Wildman–Crippen LogP) is 8.49. The number of carbonyl (C=O) groups is 2. The monoisotopic (exact) mass is 1040 g/mol. The van der Waals surface area contributed by atoms with Gasteiger partial charge in [-0.3, -0.25) is 19.6 Å². The number of carbonyl (C=O) groups excluding carboxylic acids is 2. The Morgan fingerprint density at radius 1 is 0.566 bits per heavy atom. The summed E-state index contributed by atoms with van der Waals surface area (Å²) in [5, 5.41) is 12.3. The van der Waals surface area contributed by atoms with Crippen LogP contribution in [0.4, 0.5) is 9.59 Å². The van der Waals surface area contributed by atoms with Gasteiger partial charge in [-0.1, -0.05) is 36.4 Å². The van der Waals surface area contributed by atoms with Crippen LogP contribution in [0.2, 0.25) is 0 Å². The fourth-order valence-electron chi connectivity index (χ4n) is 12.5. The molecule has 4 saturated heterocycles. The minimum Gasteiger partial charge on any atom is -0.497 e. The van der Waals surface area contributed by atoms with E-state index >= 15 is 0 Å². The number of aryl methyl sites for hydroxylation is 3. The fourth-order valence-corrected chi connectivity index (χ4v) is 12.5. The van der Waals surface area contributed by atoms with E-state index in [9.17, 15) is 14.7 Å². The summed E-state index contributed by atoms with van der Waals surface area (Å²) in [6.07, 6.45) is 7.71. The number of urea groups is 2. The standard InChI is InChI=1S/C30H41N3O6.C30H39N3O4/c1-7-30(35)29(8-10-31(11-9-29)20-24-17-26(38-5)19-27(18-24)39-6)32(12-13-36-3)28(34)33(30)21-23-14-22(2)15-25(16-23)37-4;1-21-14-22(2)27-6-7-28-30(33(12-13-35-3)29(34)32(28)20-24(27)15-21)8-10-31(11-9-30)19-23-16-25(36-4)18-26(17-23)37-5/h7,14-19,35H,1,8-13,20-21H2,2-6H3;7,14-18H,6,8-13,19-20H2,1-5H3. The Hall–Kier alpha value is -6.30. The molecule has 4 fully saturated rings. The number of hydrogen-bond acceptors (Lipinski definition) is 12. The van der Waals surface area contributed by atoms with Crippen LogP contribution < -0.4 is 23.7 Å². The molecule has 1 atom stereocenters. The Morgan fingerprint density at radius 2 is 1.04 bits per heavy atom. The van der Waals surface area contributed by atoms with E-state index in [1.165, 1.54) is 39.6 Å². The maximum atomic E-state index is 13.9. The molecule has 16 nitrogen and oxygen atoms in total. The molecule has 4 aromatic rings. The lowest BCUT2D eigenvalue weighted by Gasteiger charge is -2.50. The normalized spacial score (nSPS) is 20.0. The summed E-state index contributed by atoms with van der Waals surface area (Å²) in [7, 11) is 11.6. The Kier molecular flexibility index (Phi) is 17.6. The number of likely N-dealkylation sites (tertiary alicyclic amines) is 2. The van der Waals surface area contributed by atoms with E-state index in [0.717, 1.165) is 78.6 Å². The van der Waals surface area contributed by atoms with Crippen molar-refractivity contribution in [3.63, 3.8) is 0 Å². The van der Waals surface area contributed by atoms with Crippen LogP contribution in [-0.2, 0) is 42.1 Å². The van der Waals surface area contributed by atoms with Gasteiger partial charge in [0.05, 0.1) is 72.9 Å². The summed E-state index contributed by atoms with van der Waals surface area (Å²) in [5.41, 5.74) is 7.86. The minimum absolute atomic E-state index is 0.112. The summed E-state index contributed by atoms with van der Waals surface area (Å²) in [6, 6.07) is 22.2. The van der Waals surface area contributed by atoms with Crippen LogP contribution in [0.5, 0.6) is 28.7 Å². The van der Waals surface area contributed by atoms with E-state index in [1.54, 1.807) is 59.6 Å². The van der Waals surface area contributed by atoms with Gasteiger partial charge in [0.2, 0.25) is 0 Å². The number of rotatable bonds is 18. The molecule has 0 aromatic heterocycles. The number of ether oxygens (including phenoxy) is 7. The van der Waals surface area contributed by atoms with E-state index in [-0.39, 0.29) is 24.1 Å². The average Bonchev–Trinajstić information content (AvgIpc) is 3.67. The second-order valence-electron chi connectivity index (χ2n) is 20.9. The third-order valence-electron chi connectivity index (χ3n) is 16.4. The first-order valence-corrected chi connectivity index (χ1v) is 26.5. The topological polar surface area (TPSA) is 138 Å². The third kappa shape index (κ3) is 11.1. The zero-order valence-electron chi connectivity index (χ0n) is 46.5. The van der Waals surface area contributed by atoms with Crippen molar-refractivity contribution in [3.8, 4) is 28.7 Å². The smallest absolute Gasteiger partial charge is 0.325 e. The maximum absolute atomic E-state index is 13.9. The van der Waals surface area contributed by atoms with Crippen LogP contribution in [0.25, 0.3) is 0 Å². The van der Waals surface area contributed by atoms with E-state index < -0.39 is 11.3 Å². The van der Waals surface area contributed by atoms with Gasteiger partial charge in [-0.25, -0.2) is 9.59 Å². The third-order valence-corrected chi connectivity index (χ3v) is 16.4. The quantitative estimate of drug-likeness (QED) is 0.0957. The highest BCUT2D eigenvalue weighted by molar-refractivity contribution is 5.83. The summed E-state index contributed by atoms with van der Waals surface area (Å²) in [6.45, 7) is 17.8. The number of methoxy groups -OCH3 is 7. The molecule has 1 N–H and O–H groups in total. The Labute approximate surface area is 450 Å². The SMILES string of the molecule is C=CC1(O)N(Cc2cc(C)cc(OC)c2)C(=O)N(CCOC)C12CCN(Cc1cc(OC)cc(OC)c1)CC2.COCCN1C(=O)N2Cc3cc(C)cc(C)c3CC=C2C12CCN(Cc1cc(OC)cc(OC)c1)CC2. The maximum Gasteiger partial charge on any atom is 0.325 e. The van der Waals surface area contributed by atoms with Gasteiger partial charge in [-0.2, -0.15) is 0 Å². The van der Waals surface area contributed by atoms with Crippen molar-refractivity contribution in [1.29, 1.82) is 0 Å². The lowest BCUT2D eigenvalue weighted by Crippen LogP contribution is -2.64. The Bertz CT molecular complexity index is 2700. The van der Waals surface area contributed by atoms with Gasteiger partial charge in [0.25, 0.3) is 0 Å². The van der Waals surface area contributed by atoms with Crippen LogP contribution in [-0.4, -0.2) is 166 Å². The molecule has 0 bridgehead atoms. The number of aliphatic hydroxyl groups is 1. The molecule has 5 heterocycles. The molecule has 410 valence electrons. The second-order valence-corrected chi connectivity index (χ2v) is 20.9. The molecule has 9 rings (SSSR count). The molecular formula is C60H80N6O10. The summed E-state index contributed by atoms with van der Waals surface area (Å²) < 4.78 is 38.1. The van der Waals surface area contributed by atoms with Crippen molar-refractivity contribution >= 4 is 12.1 Å². The first kappa shape index (κ1) is 55.9. The van der Waals surface area contributed by atoms with Crippen LogP contribution in [0.1, 0.15) is 70.2 Å². The fraction of sp³-hybridized carbons (Fsp3) is 0.500. The van der Waals surface area contributed by atoms with Crippen molar-refractivity contribution in [2.24, 2.45) is 0 Å². The highest BCUT2D eigenvalue weighted by Gasteiger charge is 2.65. The molecule has 2 spiro atoms. The highest BCUT2D eigenvalue weighted by atomic mass is 16.5. The lowest BCUT2D eigenvalue weighted by molar-refractivity contribution is -0.119. The molecule has 1 unspecified atom stereocenters. The van der Waals surface area contributed by atoms with E-state index in [0.29, 0.717) is 71.1 Å². The molecule has 76 heavy (non-hydrogen) atoms. The summed E-state index contributed by atoms with van der Waals surface area (Å²) in [5.74, 6) is 3.81. The van der Waals surface area contributed by atoms with Crippen LogP contribution in [0.3, 0.4) is 0 Å². The Balaban J connectivity index is 0.000000202. The molecular weight excluding hydrogens is 965 g/mol. The lowest BCUT2D eigenvalue weighted by atomic mass is 9.77. The van der Waals surface area contributed by atoms with Gasteiger partial charge in [0.1, 0.15) is 28.7 Å². The molecule has 5 aliphatic heterocycles. The van der Waals surface area contributed by atoms with Crippen LogP contribution >= 0.6 is 0 Å².